The molecular weight excluding hydrogens is 308 g/mol. The van der Waals surface area contributed by atoms with E-state index in [9.17, 15) is 4.79 Å². The molecular formula is C17H20N4OS. The summed E-state index contributed by atoms with van der Waals surface area (Å²) in [6.45, 7) is 7.87. The largest absolute Gasteiger partial charge is 0.353 e. The second-order valence-corrected chi connectivity index (χ2v) is 7.25. The molecule has 6 heteroatoms. The van der Waals surface area contributed by atoms with Gasteiger partial charge in [-0.1, -0.05) is 30.0 Å². The lowest BCUT2D eigenvalue weighted by Crippen LogP contribution is -2.35. The number of nitrogens with zero attached hydrogens (tertiary/aromatic N) is 3. The van der Waals surface area contributed by atoms with Crippen molar-refractivity contribution in [2.45, 2.75) is 44.1 Å². The van der Waals surface area contributed by atoms with E-state index in [0.717, 1.165) is 16.3 Å². The number of hydrogen-bond acceptors (Lipinski definition) is 4. The van der Waals surface area contributed by atoms with E-state index in [4.69, 9.17) is 0 Å². The molecule has 1 unspecified atom stereocenters. The number of para-hydroxylation sites is 1. The lowest BCUT2D eigenvalue weighted by atomic mass is 10.1. The normalized spacial score (nSPS) is 12.9. The zero-order valence-corrected chi connectivity index (χ0v) is 14.5. The summed E-state index contributed by atoms with van der Waals surface area (Å²) in [6, 6.07) is 10.3. The molecule has 3 aromatic rings. The third kappa shape index (κ3) is 3.03. The van der Waals surface area contributed by atoms with Crippen molar-refractivity contribution >= 4 is 34.2 Å². The van der Waals surface area contributed by atoms with Crippen molar-refractivity contribution < 1.29 is 4.79 Å². The van der Waals surface area contributed by atoms with Gasteiger partial charge < -0.3 is 5.32 Å². The Balaban J connectivity index is 2.02. The standard InChI is InChI=1S/C17H20N4OS/c1-10(2)18-16(22)12(4)23-17-20-19-15-9-11(3)13-7-5-6-8-14(13)21(15)17/h5-10,12H,1-4H3,(H,18,22). The van der Waals surface area contributed by atoms with Crippen molar-refractivity contribution in [3.05, 3.63) is 35.9 Å². The first-order valence-electron chi connectivity index (χ1n) is 7.68. The smallest absolute Gasteiger partial charge is 0.233 e. The average Bonchev–Trinajstić information content (AvgIpc) is 2.89. The van der Waals surface area contributed by atoms with Crippen LogP contribution in [0.1, 0.15) is 26.3 Å². The highest BCUT2D eigenvalue weighted by Gasteiger charge is 2.19. The third-order valence-electron chi connectivity index (χ3n) is 3.66. The van der Waals surface area contributed by atoms with Crippen LogP contribution in [0.5, 0.6) is 0 Å². The molecule has 0 saturated heterocycles. The molecule has 0 bridgehead atoms. The maximum absolute atomic E-state index is 12.1. The Labute approximate surface area is 139 Å². The number of carbonyl (C=O) groups is 1. The molecule has 0 aliphatic carbocycles. The molecule has 0 fully saturated rings. The number of aromatic nitrogens is 3. The van der Waals surface area contributed by atoms with Gasteiger partial charge in [0.05, 0.1) is 10.8 Å². The van der Waals surface area contributed by atoms with E-state index in [2.05, 4.69) is 34.6 Å². The number of rotatable bonds is 4. The number of benzene rings is 1. The number of fused-ring (bicyclic) bond motifs is 3. The van der Waals surface area contributed by atoms with Crippen LogP contribution in [-0.4, -0.2) is 31.8 Å². The third-order valence-corrected chi connectivity index (χ3v) is 4.70. The van der Waals surface area contributed by atoms with Crippen LogP contribution in [0.4, 0.5) is 0 Å². The predicted molar refractivity (Wildman–Crippen MR) is 93.8 cm³/mol. The number of nitrogens with one attached hydrogen (secondary N) is 1. The minimum absolute atomic E-state index is 0.0122. The Morgan fingerprint density at radius 3 is 2.70 bits per heavy atom. The van der Waals surface area contributed by atoms with E-state index in [0.29, 0.717) is 0 Å². The van der Waals surface area contributed by atoms with Crippen LogP contribution >= 0.6 is 11.8 Å². The van der Waals surface area contributed by atoms with Gasteiger partial charge in [0.1, 0.15) is 0 Å². The van der Waals surface area contributed by atoms with E-state index in [1.165, 1.54) is 22.7 Å². The summed E-state index contributed by atoms with van der Waals surface area (Å²) in [5.41, 5.74) is 3.04. The molecule has 2 heterocycles. The summed E-state index contributed by atoms with van der Waals surface area (Å²) in [6.07, 6.45) is 0. The van der Waals surface area contributed by atoms with E-state index in [1.54, 1.807) is 0 Å². The molecule has 23 heavy (non-hydrogen) atoms. The van der Waals surface area contributed by atoms with Crippen LogP contribution < -0.4 is 5.32 Å². The molecule has 0 aliphatic heterocycles. The van der Waals surface area contributed by atoms with E-state index >= 15 is 0 Å². The van der Waals surface area contributed by atoms with Crippen molar-refractivity contribution in [3.8, 4) is 0 Å². The molecule has 1 N–H and O–H groups in total. The molecule has 0 saturated carbocycles. The quantitative estimate of drug-likeness (QED) is 0.747. The second-order valence-electron chi connectivity index (χ2n) is 5.94. The first kappa shape index (κ1) is 15.8. The van der Waals surface area contributed by atoms with Crippen molar-refractivity contribution in [3.63, 3.8) is 0 Å². The van der Waals surface area contributed by atoms with Crippen molar-refractivity contribution in [2.75, 3.05) is 0 Å². The monoisotopic (exact) mass is 328 g/mol. The average molecular weight is 328 g/mol. The Morgan fingerprint density at radius 1 is 1.22 bits per heavy atom. The Morgan fingerprint density at radius 2 is 1.96 bits per heavy atom. The van der Waals surface area contributed by atoms with E-state index in [1.807, 2.05) is 43.4 Å². The number of thioether (sulfide) groups is 1. The summed E-state index contributed by atoms with van der Waals surface area (Å²) in [5, 5.41) is 13.2. The van der Waals surface area contributed by atoms with Gasteiger partial charge in [0.2, 0.25) is 5.91 Å². The van der Waals surface area contributed by atoms with Crippen molar-refractivity contribution in [1.82, 2.24) is 19.9 Å². The number of hydrogen-bond donors (Lipinski definition) is 1. The highest BCUT2D eigenvalue weighted by Crippen LogP contribution is 2.27. The number of aryl methyl sites for hydroxylation is 1. The van der Waals surface area contributed by atoms with Crippen molar-refractivity contribution in [1.29, 1.82) is 0 Å². The fourth-order valence-corrected chi connectivity index (χ4v) is 3.44. The fraction of sp³-hybridized carbons (Fsp3) is 0.353. The molecule has 2 aromatic heterocycles. The summed E-state index contributed by atoms with van der Waals surface area (Å²) >= 11 is 1.43. The van der Waals surface area contributed by atoms with Crippen LogP contribution in [0.3, 0.4) is 0 Å². The van der Waals surface area contributed by atoms with Gasteiger partial charge in [0, 0.05) is 11.4 Å². The van der Waals surface area contributed by atoms with Gasteiger partial charge in [0.15, 0.2) is 10.8 Å². The Hall–Kier alpha value is -2.08. The van der Waals surface area contributed by atoms with Gasteiger partial charge in [-0.25, -0.2) is 0 Å². The van der Waals surface area contributed by atoms with Crippen LogP contribution in [0.25, 0.3) is 16.6 Å². The molecule has 5 nitrogen and oxygen atoms in total. The van der Waals surface area contributed by atoms with Crippen LogP contribution in [0.15, 0.2) is 35.5 Å². The van der Waals surface area contributed by atoms with Crippen LogP contribution in [0.2, 0.25) is 0 Å². The van der Waals surface area contributed by atoms with Crippen LogP contribution in [-0.2, 0) is 4.79 Å². The SMILES string of the molecule is Cc1cc2nnc(SC(C)C(=O)NC(C)C)n2c2ccccc12. The zero-order valence-electron chi connectivity index (χ0n) is 13.7. The topological polar surface area (TPSA) is 59.3 Å². The predicted octanol–water partition coefficient (Wildman–Crippen LogP) is 3.20. The summed E-state index contributed by atoms with van der Waals surface area (Å²) in [7, 11) is 0. The molecule has 0 radical (unpaired) electrons. The Bertz CT molecular complexity index is 872. The number of carbonyl (C=O) groups excluding carboxylic acids is 1. The highest BCUT2D eigenvalue weighted by molar-refractivity contribution is 8.00. The van der Waals surface area contributed by atoms with Gasteiger partial charge in [-0.05, 0) is 45.4 Å². The van der Waals surface area contributed by atoms with Crippen LogP contribution in [0, 0.1) is 6.92 Å². The van der Waals surface area contributed by atoms with Gasteiger partial charge in [-0.15, -0.1) is 10.2 Å². The number of pyridine rings is 1. The lowest BCUT2D eigenvalue weighted by Gasteiger charge is -2.14. The first-order valence-corrected chi connectivity index (χ1v) is 8.56. The fourth-order valence-electron chi connectivity index (χ4n) is 2.56. The van der Waals surface area contributed by atoms with Gasteiger partial charge in [-0.2, -0.15) is 0 Å². The molecule has 1 aromatic carbocycles. The maximum atomic E-state index is 12.1. The van der Waals surface area contributed by atoms with E-state index < -0.39 is 0 Å². The molecule has 0 aliphatic rings. The molecule has 1 amide bonds. The Kier molecular flexibility index (Phi) is 4.26. The van der Waals surface area contributed by atoms with Crippen molar-refractivity contribution in [2.24, 2.45) is 0 Å². The molecule has 3 rings (SSSR count). The van der Waals surface area contributed by atoms with E-state index in [-0.39, 0.29) is 17.2 Å². The minimum atomic E-state index is -0.232. The second kappa shape index (κ2) is 6.20. The van der Waals surface area contributed by atoms with Gasteiger partial charge in [-0.3, -0.25) is 9.20 Å². The summed E-state index contributed by atoms with van der Waals surface area (Å²) in [4.78, 5) is 12.1. The molecule has 120 valence electrons. The van der Waals surface area contributed by atoms with Gasteiger partial charge >= 0.3 is 0 Å². The first-order chi connectivity index (χ1) is 11.0. The maximum Gasteiger partial charge on any atom is 0.233 e. The molecule has 0 spiro atoms. The lowest BCUT2D eigenvalue weighted by molar-refractivity contribution is -0.120. The molecule has 1 atom stereocenters. The number of amides is 1. The van der Waals surface area contributed by atoms with Gasteiger partial charge in [0.25, 0.3) is 0 Å². The highest BCUT2D eigenvalue weighted by atomic mass is 32.2. The summed E-state index contributed by atoms with van der Waals surface area (Å²) in [5.74, 6) is 0.0122. The summed E-state index contributed by atoms with van der Waals surface area (Å²) < 4.78 is 2.02. The zero-order chi connectivity index (χ0) is 16.6. The minimum Gasteiger partial charge on any atom is -0.353 e.